The number of ether oxygens (including phenoxy) is 1. The van der Waals surface area contributed by atoms with Crippen LogP contribution in [0, 0.1) is 5.92 Å². The maximum Gasteiger partial charge on any atom is 0.306 e. The van der Waals surface area contributed by atoms with Crippen molar-refractivity contribution in [3.05, 3.63) is 0 Å². The Morgan fingerprint density at radius 1 is 1.25 bits per heavy atom. The van der Waals surface area contributed by atoms with Crippen molar-refractivity contribution < 1.29 is 9.53 Å². The molecule has 1 aliphatic carbocycles. The smallest absolute Gasteiger partial charge is 0.306 e. The molecule has 0 atom stereocenters. The Bertz CT molecular complexity index is 239. The average molecular weight is 224 g/mol. The fourth-order valence-electron chi connectivity index (χ4n) is 3.20. The Kier molecular flexibility index (Phi) is 3.88. The van der Waals surface area contributed by atoms with Gasteiger partial charge in [0.1, 0.15) is 5.60 Å². The van der Waals surface area contributed by atoms with Crippen molar-refractivity contribution in [2.45, 2.75) is 76.7 Å². The van der Waals surface area contributed by atoms with Gasteiger partial charge in [-0.05, 0) is 38.0 Å². The van der Waals surface area contributed by atoms with Gasteiger partial charge in [-0.3, -0.25) is 4.79 Å². The molecule has 92 valence electrons. The zero-order valence-corrected chi connectivity index (χ0v) is 10.5. The molecule has 1 spiro atoms. The molecular formula is C14H24O2. The van der Waals surface area contributed by atoms with Crippen LogP contribution < -0.4 is 0 Å². The molecule has 0 radical (unpaired) electrons. The molecule has 0 N–H and O–H groups in total. The molecule has 2 nitrogen and oxygen atoms in total. The Morgan fingerprint density at radius 2 is 2.00 bits per heavy atom. The molecule has 0 bridgehead atoms. The molecule has 2 rings (SSSR count). The molecule has 2 heteroatoms. The second-order valence-electron chi connectivity index (χ2n) is 5.60. The lowest BCUT2D eigenvalue weighted by molar-refractivity contribution is -0.151. The lowest BCUT2D eigenvalue weighted by Crippen LogP contribution is -2.33. The minimum atomic E-state index is -0.0294. The summed E-state index contributed by atoms with van der Waals surface area (Å²) in [4.78, 5) is 11.2. The van der Waals surface area contributed by atoms with Gasteiger partial charge in [0.2, 0.25) is 0 Å². The first-order valence-corrected chi connectivity index (χ1v) is 6.96. The van der Waals surface area contributed by atoms with Gasteiger partial charge in [0.15, 0.2) is 0 Å². The summed E-state index contributed by atoms with van der Waals surface area (Å²) in [6.45, 7) is 2.26. The molecule has 2 aliphatic rings. The minimum absolute atomic E-state index is 0.0294. The summed E-state index contributed by atoms with van der Waals surface area (Å²) in [6, 6.07) is 0. The number of hydrogen-bond acceptors (Lipinski definition) is 2. The Labute approximate surface area is 98.7 Å². The van der Waals surface area contributed by atoms with Crippen molar-refractivity contribution in [2.75, 3.05) is 0 Å². The molecule has 1 aliphatic heterocycles. The zero-order chi connectivity index (χ0) is 11.4. The van der Waals surface area contributed by atoms with Crippen LogP contribution in [0.15, 0.2) is 0 Å². The lowest BCUT2D eigenvalue weighted by atomic mass is 9.76. The van der Waals surface area contributed by atoms with Crippen molar-refractivity contribution in [3.63, 3.8) is 0 Å². The molecule has 0 aromatic carbocycles. The Morgan fingerprint density at radius 3 is 2.56 bits per heavy atom. The number of hydrogen-bond donors (Lipinski definition) is 0. The molecule has 1 heterocycles. The van der Waals surface area contributed by atoms with Crippen LogP contribution >= 0.6 is 0 Å². The highest BCUT2D eigenvalue weighted by Gasteiger charge is 2.42. The largest absolute Gasteiger partial charge is 0.459 e. The van der Waals surface area contributed by atoms with Gasteiger partial charge in [-0.2, -0.15) is 0 Å². The SMILES string of the molecule is CCCCCC1CCC2(CCC(=O)O2)CC1. The van der Waals surface area contributed by atoms with Gasteiger partial charge in [-0.15, -0.1) is 0 Å². The normalized spacial score (nSPS) is 34.3. The summed E-state index contributed by atoms with van der Waals surface area (Å²) in [5, 5.41) is 0. The van der Waals surface area contributed by atoms with E-state index in [0.717, 1.165) is 25.2 Å². The first-order valence-electron chi connectivity index (χ1n) is 6.96. The van der Waals surface area contributed by atoms with Crippen LogP contribution in [0.3, 0.4) is 0 Å². The van der Waals surface area contributed by atoms with E-state index in [0.29, 0.717) is 6.42 Å². The minimum Gasteiger partial charge on any atom is -0.459 e. The third-order valence-electron chi connectivity index (χ3n) is 4.35. The van der Waals surface area contributed by atoms with Crippen LogP contribution in [0.2, 0.25) is 0 Å². The second-order valence-corrected chi connectivity index (χ2v) is 5.60. The van der Waals surface area contributed by atoms with E-state index in [1.54, 1.807) is 0 Å². The van der Waals surface area contributed by atoms with Gasteiger partial charge in [0, 0.05) is 6.42 Å². The first kappa shape index (κ1) is 11.9. The Hall–Kier alpha value is -0.530. The van der Waals surface area contributed by atoms with Crippen molar-refractivity contribution in [1.29, 1.82) is 0 Å². The third kappa shape index (κ3) is 2.78. The zero-order valence-electron chi connectivity index (χ0n) is 10.5. The molecule has 2 fully saturated rings. The van der Waals surface area contributed by atoms with Gasteiger partial charge in [0.05, 0.1) is 0 Å². The van der Waals surface area contributed by atoms with Crippen LogP contribution in [0.4, 0.5) is 0 Å². The standard InChI is InChI=1S/C14H24O2/c1-2-3-4-5-12-6-9-14(10-7-12)11-8-13(15)16-14/h12H,2-11H2,1H3. The fourth-order valence-corrected chi connectivity index (χ4v) is 3.20. The maximum absolute atomic E-state index is 11.2. The second kappa shape index (κ2) is 5.20. The molecule has 1 saturated carbocycles. The van der Waals surface area contributed by atoms with Gasteiger partial charge in [-0.1, -0.05) is 32.6 Å². The van der Waals surface area contributed by atoms with Crippen molar-refractivity contribution >= 4 is 5.97 Å². The topological polar surface area (TPSA) is 26.3 Å². The summed E-state index contributed by atoms with van der Waals surface area (Å²) >= 11 is 0. The maximum atomic E-state index is 11.2. The molecular weight excluding hydrogens is 200 g/mol. The fraction of sp³-hybridized carbons (Fsp3) is 0.929. The molecule has 0 aromatic rings. The molecule has 1 saturated heterocycles. The Balaban J connectivity index is 1.72. The van der Waals surface area contributed by atoms with Crippen LogP contribution in [-0.2, 0) is 9.53 Å². The number of carbonyl (C=O) groups is 1. The molecule has 0 unspecified atom stereocenters. The highest BCUT2D eigenvalue weighted by atomic mass is 16.6. The summed E-state index contributed by atoms with van der Waals surface area (Å²) in [6.07, 6.45) is 11.9. The summed E-state index contributed by atoms with van der Waals surface area (Å²) in [5.74, 6) is 0.931. The highest BCUT2D eigenvalue weighted by Crippen LogP contribution is 2.43. The van der Waals surface area contributed by atoms with E-state index in [2.05, 4.69) is 6.92 Å². The summed E-state index contributed by atoms with van der Waals surface area (Å²) < 4.78 is 5.52. The van der Waals surface area contributed by atoms with Crippen LogP contribution in [0.25, 0.3) is 0 Å². The monoisotopic (exact) mass is 224 g/mol. The van der Waals surface area contributed by atoms with Gasteiger partial charge in [0.25, 0.3) is 0 Å². The number of unbranched alkanes of at least 4 members (excludes halogenated alkanes) is 2. The van der Waals surface area contributed by atoms with Gasteiger partial charge >= 0.3 is 5.97 Å². The van der Waals surface area contributed by atoms with E-state index in [1.165, 1.54) is 38.5 Å². The quantitative estimate of drug-likeness (QED) is 0.536. The average Bonchev–Trinajstić information content (AvgIpc) is 2.64. The molecule has 16 heavy (non-hydrogen) atoms. The predicted octanol–water partition coefficient (Wildman–Crippen LogP) is 3.83. The number of rotatable bonds is 4. The van der Waals surface area contributed by atoms with E-state index in [1.807, 2.05) is 0 Å². The van der Waals surface area contributed by atoms with E-state index in [-0.39, 0.29) is 11.6 Å². The first-order chi connectivity index (χ1) is 7.74. The third-order valence-corrected chi connectivity index (χ3v) is 4.35. The van der Waals surface area contributed by atoms with E-state index in [4.69, 9.17) is 4.74 Å². The highest BCUT2D eigenvalue weighted by molar-refractivity contribution is 5.72. The molecule has 0 aromatic heterocycles. The van der Waals surface area contributed by atoms with E-state index in [9.17, 15) is 4.79 Å². The van der Waals surface area contributed by atoms with Crippen LogP contribution in [0.5, 0.6) is 0 Å². The summed E-state index contributed by atoms with van der Waals surface area (Å²) in [5.41, 5.74) is -0.0294. The van der Waals surface area contributed by atoms with E-state index >= 15 is 0 Å². The van der Waals surface area contributed by atoms with Crippen LogP contribution in [0.1, 0.15) is 71.1 Å². The lowest BCUT2D eigenvalue weighted by Gasteiger charge is -2.35. The van der Waals surface area contributed by atoms with Gasteiger partial charge < -0.3 is 4.74 Å². The van der Waals surface area contributed by atoms with Crippen molar-refractivity contribution in [2.24, 2.45) is 5.92 Å². The van der Waals surface area contributed by atoms with Crippen molar-refractivity contribution in [3.8, 4) is 0 Å². The van der Waals surface area contributed by atoms with Gasteiger partial charge in [-0.25, -0.2) is 0 Å². The van der Waals surface area contributed by atoms with Crippen LogP contribution in [-0.4, -0.2) is 11.6 Å². The number of esters is 1. The van der Waals surface area contributed by atoms with E-state index < -0.39 is 0 Å². The summed E-state index contributed by atoms with van der Waals surface area (Å²) in [7, 11) is 0. The molecule has 0 amide bonds. The predicted molar refractivity (Wildman–Crippen MR) is 64.2 cm³/mol. The number of carbonyl (C=O) groups excluding carboxylic acids is 1. The van der Waals surface area contributed by atoms with Crippen molar-refractivity contribution in [1.82, 2.24) is 0 Å².